The van der Waals surface area contributed by atoms with E-state index in [0.29, 0.717) is 11.6 Å². The molecule has 0 saturated carbocycles. The van der Waals surface area contributed by atoms with Crippen molar-refractivity contribution in [3.05, 3.63) is 33.8 Å². The molecule has 4 atom stereocenters. The van der Waals surface area contributed by atoms with E-state index in [1.54, 1.807) is 7.11 Å². The summed E-state index contributed by atoms with van der Waals surface area (Å²) in [5.74, 6) is 1.52. The number of likely N-dealkylation sites (N-methyl/N-ethyl adjacent to an activating group) is 1. The molecule has 0 unspecified atom stereocenters. The first-order chi connectivity index (χ1) is 12.5. The molecule has 136 valence electrons. The van der Waals surface area contributed by atoms with Crippen molar-refractivity contribution in [3.8, 4) is 11.5 Å². The van der Waals surface area contributed by atoms with E-state index < -0.39 is 11.0 Å². The Kier molecular flexibility index (Phi) is 2.65. The van der Waals surface area contributed by atoms with E-state index in [1.165, 1.54) is 16.9 Å². The summed E-state index contributed by atoms with van der Waals surface area (Å²) in [6.45, 7) is 0.928. The maximum atomic E-state index is 12.2. The molecule has 1 fully saturated rings. The highest BCUT2D eigenvalue weighted by Crippen LogP contribution is 2.68. The van der Waals surface area contributed by atoms with E-state index in [1.807, 2.05) is 6.07 Å². The average molecular weight is 371 g/mol. The fourth-order valence-electron chi connectivity index (χ4n) is 6.03. The summed E-state index contributed by atoms with van der Waals surface area (Å²) in [6, 6.07) is 4.19. The quantitative estimate of drug-likeness (QED) is 0.793. The normalized spacial score (nSPS) is 36.3. The van der Waals surface area contributed by atoms with E-state index in [4.69, 9.17) is 15.2 Å². The highest BCUT2D eigenvalue weighted by atomic mass is 32.1. The molecule has 2 aromatic rings. The van der Waals surface area contributed by atoms with Crippen molar-refractivity contribution in [1.82, 2.24) is 9.88 Å². The molecule has 2 bridgehead atoms. The molecular formula is C19H21N3O3S. The molecule has 2 aliphatic heterocycles. The molecule has 3 N–H and O–H groups in total. The summed E-state index contributed by atoms with van der Waals surface area (Å²) < 4.78 is 12.1. The van der Waals surface area contributed by atoms with Crippen LogP contribution in [0.25, 0.3) is 0 Å². The second kappa shape index (κ2) is 4.52. The fourth-order valence-corrected chi connectivity index (χ4v) is 6.98. The molecule has 1 spiro atoms. The van der Waals surface area contributed by atoms with Crippen LogP contribution in [0.3, 0.4) is 0 Å². The summed E-state index contributed by atoms with van der Waals surface area (Å²) >= 11 is 1.48. The van der Waals surface area contributed by atoms with Gasteiger partial charge in [0.2, 0.25) is 0 Å². The number of fused-ring (bicyclic) bond motifs is 2. The van der Waals surface area contributed by atoms with Gasteiger partial charge in [0.05, 0.1) is 23.8 Å². The zero-order valence-corrected chi connectivity index (χ0v) is 15.6. The summed E-state index contributed by atoms with van der Waals surface area (Å²) in [7, 11) is 3.78. The van der Waals surface area contributed by atoms with Gasteiger partial charge >= 0.3 is 0 Å². The molecule has 0 radical (unpaired) electrons. The Bertz CT molecular complexity index is 960. The lowest BCUT2D eigenvalue weighted by Crippen LogP contribution is -2.73. The molecule has 1 aromatic heterocycles. The minimum absolute atomic E-state index is 0.0608. The van der Waals surface area contributed by atoms with Gasteiger partial charge in [-0.05, 0) is 38.1 Å². The topological polar surface area (TPSA) is 80.8 Å². The number of aliphatic hydroxyl groups is 1. The molecule has 2 aliphatic carbocycles. The molecule has 4 aliphatic rings. The van der Waals surface area contributed by atoms with E-state index in [9.17, 15) is 5.11 Å². The van der Waals surface area contributed by atoms with Crippen molar-refractivity contribution < 1.29 is 14.6 Å². The maximum absolute atomic E-state index is 12.2. The molecule has 26 heavy (non-hydrogen) atoms. The van der Waals surface area contributed by atoms with Crippen LogP contribution in [0.4, 0.5) is 5.13 Å². The summed E-state index contributed by atoms with van der Waals surface area (Å²) in [4.78, 5) is 7.98. The lowest BCUT2D eigenvalue weighted by molar-refractivity contribution is -0.167. The third kappa shape index (κ3) is 1.44. The lowest BCUT2D eigenvalue weighted by Gasteiger charge is -2.61. The van der Waals surface area contributed by atoms with E-state index in [0.717, 1.165) is 47.0 Å². The number of thiazole rings is 1. The van der Waals surface area contributed by atoms with Crippen molar-refractivity contribution in [2.24, 2.45) is 0 Å². The van der Waals surface area contributed by atoms with Gasteiger partial charge in [-0.15, -0.1) is 11.3 Å². The highest BCUT2D eigenvalue weighted by molar-refractivity contribution is 7.15. The van der Waals surface area contributed by atoms with Gasteiger partial charge in [0.25, 0.3) is 0 Å². The van der Waals surface area contributed by atoms with Gasteiger partial charge in [0, 0.05) is 22.9 Å². The van der Waals surface area contributed by atoms with Gasteiger partial charge in [-0.3, -0.25) is 0 Å². The first kappa shape index (κ1) is 15.2. The van der Waals surface area contributed by atoms with Crippen molar-refractivity contribution in [1.29, 1.82) is 0 Å². The smallest absolute Gasteiger partial charge is 0.180 e. The number of anilines is 1. The minimum atomic E-state index is -0.888. The van der Waals surface area contributed by atoms with Gasteiger partial charge in [-0.25, -0.2) is 4.98 Å². The number of methoxy groups -OCH3 is 1. The molecule has 6 nitrogen and oxygen atoms in total. The van der Waals surface area contributed by atoms with E-state index >= 15 is 0 Å². The number of hydrogen-bond acceptors (Lipinski definition) is 7. The lowest BCUT2D eigenvalue weighted by atomic mass is 9.50. The van der Waals surface area contributed by atoms with Crippen LogP contribution >= 0.6 is 11.3 Å². The van der Waals surface area contributed by atoms with Gasteiger partial charge in [0.1, 0.15) is 0 Å². The van der Waals surface area contributed by atoms with Crippen LogP contribution in [0.15, 0.2) is 12.1 Å². The van der Waals surface area contributed by atoms with Gasteiger partial charge in [-0.1, -0.05) is 6.07 Å². The Morgan fingerprint density at radius 2 is 2.31 bits per heavy atom. The summed E-state index contributed by atoms with van der Waals surface area (Å²) in [5.41, 5.74) is 7.99. The van der Waals surface area contributed by atoms with Gasteiger partial charge in [-0.2, -0.15) is 0 Å². The number of hydrogen-bond donors (Lipinski definition) is 2. The maximum Gasteiger partial charge on any atom is 0.180 e. The van der Waals surface area contributed by atoms with Crippen LogP contribution in [0.1, 0.15) is 34.2 Å². The number of nitrogens with zero attached hydrogens (tertiary/aromatic N) is 2. The predicted molar refractivity (Wildman–Crippen MR) is 98.0 cm³/mol. The highest BCUT2D eigenvalue weighted by Gasteiger charge is 2.72. The van der Waals surface area contributed by atoms with Crippen LogP contribution in [-0.4, -0.2) is 47.3 Å². The second-order valence-corrected chi connectivity index (χ2v) is 9.13. The molecule has 7 heteroatoms. The number of likely N-dealkylation sites (tertiary alicyclic amines) is 1. The first-order valence-corrected chi connectivity index (χ1v) is 9.86. The second-order valence-electron chi connectivity index (χ2n) is 8.01. The number of ether oxygens (including phenoxy) is 2. The SMILES string of the molecule is COc1ccc2c3c1O[C@H]1c4nc(N)sc4C[C@@]4(O)[C@@H](C2)N(C)CC[C@]314. The first-order valence-electron chi connectivity index (χ1n) is 9.04. The molecule has 0 amide bonds. The summed E-state index contributed by atoms with van der Waals surface area (Å²) in [5, 5.41) is 12.7. The Morgan fingerprint density at radius 1 is 1.46 bits per heavy atom. The van der Waals surface area contributed by atoms with Gasteiger partial charge in [0.15, 0.2) is 22.7 Å². The number of nitrogen functional groups attached to an aromatic ring is 1. The van der Waals surface area contributed by atoms with Crippen LogP contribution in [-0.2, 0) is 18.3 Å². The zero-order chi connectivity index (χ0) is 17.8. The Balaban J connectivity index is 1.72. The molecule has 3 heterocycles. The minimum Gasteiger partial charge on any atom is -0.493 e. The standard InChI is InChI=1S/C19H21N3O3S/c1-22-6-5-18-13-9-3-4-10(24-2)15(13)25-16(18)14-11(26-17(20)21-14)8-19(18,23)12(22)7-9/h3-4,12,16,23H,5-8H2,1-2H3,(H2,20,21)/t12-,16+,18+,19-/m1/s1. The third-order valence-corrected chi connectivity index (χ3v) is 8.01. The summed E-state index contributed by atoms with van der Waals surface area (Å²) in [6.07, 6.45) is 1.94. The number of piperidine rings is 1. The van der Waals surface area contributed by atoms with E-state index in [-0.39, 0.29) is 12.1 Å². The van der Waals surface area contributed by atoms with Crippen LogP contribution < -0.4 is 15.2 Å². The van der Waals surface area contributed by atoms with Crippen molar-refractivity contribution in [3.63, 3.8) is 0 Å². The number of rotatable bonds is 1. The van der Waals surface area contributed by atoms with Crippen LogP contribution in [0, 0.1) is 0 Å². The van der Waals surface area contributed by atoms with Crippen molar-refractivity contribution in [2.45, 2.75) is 42.4 Å². The fraction of sp³-hybridized carbons (Fsp3) is 0.526. The third-order valence-electron chi connectivity index (χ3n) is 7.11. The Labute approximate surface area is 155 Å². The molecule has 1 saturated heterocycles. The molecule has 6 rings (SSSR count). The van der Waals surface area contributed by atoms with Crippen LogP contribution in [0.2, 0.25) is 0 Å². The Hall–Kier alpha value is -1.83. The van der Waals surface area contributed by atoms with Gasteiger partial charge < -0.3 is 25.2 Å². The molecular weight excluding hydrogens is 350 g/mol. The monoisotopic (exact) mass is 371 g/mol. The van der Waals surface area contributed by atoms with E-state index in [2.05, 4.69) is 23.0 Å². The number of aromatic nitrogens is 1. The van der Waals surface area contributed by atoms with Crippen molar-refractivity contribution in [2.75, 3.05) is 26.4 Å². The van der Waals surface area contributed by atoms with Crippen LogP contribution in [0.5, 0.6) is 11.5 Å². The van der Waals surface area contributed by atoms with Crippen molar-refractivity contribution >= 4 is 16.5 Å². The predicted octanol–water partition coefficient (Wildman–Crippen LogP) is 1.65. The zero-order valence-electron chi connectivity index (χ0n) is 14.8. The molecule has 1 aromatic carbocycles. The average Bonchev–Trinajstić information content (AvgIpc) is 3.14. The Morgan fingerprint density at radius 3 is 3.12 bits per heavy atom. The largest absolute Gasteiger partial charge is 0.493 e. The number of nitrogens with two attached hydrogens (primary N) is 1. The number of benzene rings is 1.